The summed E-state index contributed by atoms with van der Waals surface area (Å²) in [5, 5.41) is 13.7. The van der Waals surface area contributed by atoms with E-state index in [2.05, 4.69) is 21.2 Å². The first-order valence-electron chi connectivity index (χ1n) is 4.34. The highest BCUT2D eigenvalue weighted by Crippen LogP contribution is 2.10. The van der Waals surface area contributed by atoms with Crippen LogP contribution in [0.25, 0.3) is 0 Å². The number of aliphatic hydroxyl groups is 1. The largest absolute Gasteiger partial charge is 0.387 e. The highest BCUT2D eigenvalue weighted by Gasteiger charge is 2.04. The first-order chi connectivity index (χ1) is 6.34. The Morgan fingerprint density at radius 1 is 1.31 bits per heavy atom. The van der Waals surface area contributed by atoms with Gasteiger partial charge >= 0.3 is 0 Å². The van der Waals surface area contributed by atoms with Crippen LogP contribution in [0.5, 0.6) is 0 Å². The Balaban J connectivity index is 2.35. The number of halogens is 1. The smallest absolute Gasteiger partial charge is 0.0914 e. The number of rotatable bonds is 5. The average Bonchev–Trinajstić information content (AvgIpc) is 2.19. The standard InChI is InChI=1S/C10H14BrNO/c11-6-7-12-8-10(13)9-4-2-1-3-5-9/h1-5,10,12-13H,6-8H2. The monoisotopic (exact) mass is 243 g/mol. The fourth-order valence-corrected chi connectivity index (χ4v) is 1.38. The second-order valence-electron chi connectivity index (χ2n) is 2.82. The molecule has 1 aromatic rings. The van der Waals surface area contributed by atoms with Crippen molar-refractivity contribution in [2.75, 3.05) is 18.4 Å². The predicted octanol–water partition coefficient (Wildman–Crippen LogP) is 1.70. The predicted molar refractivity (Wildman–Crippen MR) is 58.1 cm³/mol. The summed E-state index contributed by atoms with van der Waals surface area (Å²) in [5.74, 6) is 0. The molecular formula is C10H14BrNO. The zero-order chi connectivity index (χ0) is 9.52. The third kappa shape index (κ3) is 3.89. The Morgan fingerprint density at radius 3 is 2.62 bits per heavy atom. The number of aliphatic hydroxyl groups excluding tert-OH is 1. The van der Waals surface area contributed by atoms with Crippen molar-refractivity contribution in [1.29, 1.82) is 0 Å². The van der Waals surface area contributed by atoms with Crippen molar-refractivity contribution in [3.8, 4) is 0 Å². The lowest BCUT2D eigenvalue weighted by Gasteiger charge is -2.10. The molecule has 1 aromatic carbocycles. The first-order valence-corrected chi connectivity index (χ1v) is 5.46. The van der Waals surface area contributed by atoms with Crippen LogP contribution in [0.3, 0.4) is 0 Å². The van der Waals surface area contributed by atoms with Crippen LogP contribution in [0, 0.1) is 0 Å². The number of nitrogens with one attached hydrogen (secondary N) is 1. The van der Waals surface area contributed by atoms with E-state index >= 15 is 0 Å². The molecule has 0 fully saturated rings. The van der Waals surface area contributed by atoms with Gasteiger partial charge in [-0.2, -0.15) is 0 Å². The number of alkyl halides is 1. The van der Waals surface area contributed by atoms with Gasteiger partial charge in [0.05, 0.1) is 6.10 Å². The van der Waals surface area contributed by atoms with Crippen molar-refractivity contribution in [3.63, 3.8) is 0 Å². The van der Waals surface area contributed by atoms with E-state index in [9.17, 15) is 5.11 Å². The lowest BCUT2D eigenvalue weighted by atomic mass is 10.1. The quantitative estimate of drug-likeness (QED) is 0.610. The van der Waals surface area contributed by atoms with Crippen molar-refractivity contribution < 1.29 is 5.11 Å². The van der Waals surface area contributed by atoms with Gasteiger partial charge in [-0.1, -0.05) is 46.3 Å². The Bertz CT molecular complexity index is 228. The molecule has 2 nitrogen and oxygen atoms in total. The molecule has 72 valence electrons. The minimum Gasteiger partial charge on any atom is -0.387 e. The second-order valence-corrected chi connectivity index (χ2v) is 3.61. The number of benzene rings is 1. The Hall–Kier alpha value is -0.380. The van der Waals surface area contributed by atoms with Gasteiger partial charge in [0.1, 0.15) is 0 Å². The van der Waals surface area contributed by atoms with Gasteiger partial charge in [-0.15, -0.1) is 0 Å². The maximum Gasteiger partial charge on any atom is 0.0914 e. The van der Waals surface area contributed by atoms with Crippen molar-refractivity contribution in [2.45, 2.75) is 6.10 Å². The molecule has 0 radical (unpaired) electrons. The lowest BCUT2D eigenvalue weighted by molar-refractivity contribution is 0.176. The van der Waals surface area contributed by atoms with Crippen LogP contribution in [-0.2, 0) is 0 Å². The van der Waals surface area contributed by atoms with Gasteiger partial charge < -0.3 is 10.4 Å². The van der Waals surface area contributed by atoms with Crippen LogP contribution in [0.2, 0.25) is 0 Å². The van der Waals surface area contributed by atoms with E-state index in [1.54, 1.807) is 0 Å². The van der Waals surface area contributed by atoms with E-state index in [1.165, 1.54) is 0 Å². The molecular weight excluding hydrogens is 230 g/mol. The van der Waals surface area contributed by atoms with E-state index in [0.29, 0.717) is 6.54 Å². The summed E-state index contributed by atoms with van der Waals surface area (Å²) >= 11 is 3.31. The molecule has 0 heterocycles. The molecule has 0 aliphatic carbocycles. The average molecular weight is 244 g/mol. The summed E-state index contributed by atoms with van der Waals surface area (Å²) in [4.78, 5) is 0. The summed E-state index contributed by atoms with van der Waals surface area (Å²) in [6.07, 6.45) is -0.403. The SMILES string of the molecule is OC(CNCCBr)c1ccccc1. The van der Waals surface area contributed by atoms with Crippen molar-refractivity contribution in [3.05, 3.63) is 35.9 Å². The van der Waals surface area contributed by atoms with E-state index in [4.69, 9.17) is 0 Å². The van der Waals surface area contributed by atoms with E-state index in [-0.39, 0.29) is 0 Å². The fraction of sp³-hybridized carbons (Fsp3) is 0.400. The van der Waals surface area contributed by atoms with Crippen LogP contribution in [-0.4, -0.2) is 23.5 Å². The van der Waals surface area contributed by atoms with Crippen LogP contribution in [0.15, 0.2) is 30.3 Å². The van der Waals surface area contributed by atoms with Crippen molar-refractivity contribution in [1.82, 2.24) is 5.32 Å². The molecule has 2 N–H and O–H groups in total. The minimum atomic E-state index is -0.403. The van der Waals surface area contributed by atoms with Gasteiger partial charge in [-0.25, -0.2) is 0 Å². The van der Waals surface area contributed by atoms with E-state index in [1.807, 2.05) is 30.3 Å². The lowest BCUT2D eigenvalue weighted by Crippen LogP contribution is -2.23. The van der Waals surface area contributed by atoms with E-state index in [0.717, 1.165) is 17.4 Å². The molecule has 3 heteroatoms. The van der Waals surface area contributed by atoms with Crippen LogP contribution < -0.4 is 5.32 Å². The van der Waals surface area contributed by atoms with Crippen LogP contribution in [0.1, 0.15) is 11.7 Å². The molecule has 1 rings (SSSR count). The highest BCUT2D eigenvalue weighted by molar-refractivity contribution is 9.09. The molecule has 0 aliphatic heterocycles. The van der Waals surface area contributed by atoms with Gasteiger partial charge in [0.25, 0.3) is 0 Å². The second kappa shape index (κ2) is 6.13. The van der Waals surface area contributed by atoms with Gasteiger partial charge in [0, 0.05) is 18.4 Å². The maximum absolute atomic E-state index is 9.67. The molecule has 1 atom stereocenters. The first kappa shape index (κ1) is 10.7. The molecule has 0 bridgehead atoms. The molecule has 0 spiro atoms. The summed E-state index contributed by atoms with van der Waals surface area (Å²) in [6, 6.07) is 9.68. The van der Waals surface area contributed by atoms with Gasteiger partial charge in [0.2, 0.25) is 0 Å². The summed E-state index contributed by atoms with van der Waals surface area (Å²) in [5.41, 5.74) is 0.963. The van der Waals surface area contributed by atoms with Gasteiger partial charge in [-0.05, 0) is 5.56 Å². The normalized spacial score (nSPS) is 12.8. The molecule has 1 unspecified atom stereocenters. The number of hydrogen-bond acceptors (Lipinski definition) is 2. The zero-order valence-electron chi connectivity index (χ0n) is 7.41. The maximum atomic E-state index is 9.67. The topological polar surface area (TPSA) is 32.3 Å². The van der Waals surface area contributed by atoms with Crippen LogP contribution >= 0.6 is 15.9 Å². The Kier molecular flexibility index (Phi) is 5.05. The summed E-state index contributed by atoms with van der Waals surface area (Å²) in [6.45, 7) is 1.49. The van der Waals surface area contributed by atoms with Crippen molar-refractivity contribution in [2.24, 2.45) is 0 Å². The molecule has 0 saturated carbocycles. The molecule has 13 heavy (non-hydrogen) atoms. The zero-order valence-corrected chi connectivity index (χ0v) is 9.00. The minimum absolute atomic E-state index is 0.403. The molecule has 0 aliphatic rings. The van der Waals surface area contributed by atoms with E-state index < -0.39 is 6.10 Å². The molecule has 0 saturated heterocycles. The Labute approximate surface area is 87.1 Å². The van der Waals surface area contributed by atoms with Gasteiger partial charge in [-0.3, -0.25) is 0 Å². The van der Waals surface area contributed by atoms with Crippen LogP contribution in [0.4, 0.5) is 0 Å². The fourth-order valence-electron chi connectivity index (χ4n) is 1.10. The molecule has 0 amide bonds. The third-order valence-corrected chi connectivity index (χ3v) is 2.19. The summed E-state index contributed by atoms with van der Waals surface area (Å²) < 4.78 is 0. The van der Waals surface area contributed by atoms with Gasteiger partial charge in [0.15, 0.2) is 0 Å². The Morgan fingerprint density at radius 2 is 2.00 bits per heavy atom. The molecule has 0 aromatic heterocycles. The summed E-state index contributed by atoms with van der Waals surface area (Å²) in [7, 11) is 0. The van der Waals surface area contributed by atoms with Crippen molar-refractivity contribution >= 4 is 15.9 Å². The highest BCUT2D eigenvalue weighted by atomic mass is 79.9. The number of hydrogen-bond donors (Lipinski definition) is 2. The third-order valence-electron chi connectivity index (χ3n) is 1.79.